The first-order valence-electron chi connectivity index (χ1n) is 2.57. The SMILES string of the molecule is SC12C=CC=CC1S2. The van der Waals surface area contributed by atoms with Crippen molar-refractivity contribution in [1.82, 2.24) is 0 Å². The molecule has 1 aliphatic carbocycles. The van der Waals surface area contributed by atoms with E-state index in [-0.39, 0.29) is 4.08 Å². The first kappa shape index (κ1) is 5.00. The van der Waals surface area contributed by atoms with Crippen LogP contribution < -0.4 is 0 Å². The van der Waals surface area contributed by atoms with Gasteiger partial charge in [-0.3, -0.25) is 0 Å². The molecular weight excluding hydrogens is 136 g/mol. The lowest BCUT2D eigenvalue weighted by molar-refractivity contribution is 1.15. The Labute approximate surface area is 58.5 Å². The van der Waals surface area contributed by atoms with Crippen LogP contribution >= 0.6 is 24.4 Å². The van der Waals surface area contributed by atoms with Crippen LogP contribution in [0.25, 0.3) is 0 Å². The molecule has 0 aromatic heterocycles. The van der Waals surface area contributed by atoms with E-state index in [4.69, 9.17) is 0 Å². The van der Waals surface area contributed by atoms with Gasteiger partial charge in [0.2, 0.25) is 0 Å². The normalized spacial score (nSPS) is 48.9. The molecule has 0 nitrogen and oxygen atoms in total. The number of thioether (sulfide) groups is 1. The monoisotopic (exact) mass is 142 g/mol. The molecule has 0 aromatic rings. The van der Waals surface area contributed by atoms with E-state index in [0.717, 1.165) is 0 Å². The Balaban J connectivity index is 2.33. The van der Waals surface area contributed by atoms with Crippen LogP contribution in [0.1, 0.15) is 0 Å². The van der Waals surface area contributed by atoms with E-state index in [0.29, 0.717) is 5.25 Å². The maximum atomic E-state index is 4.42. The molecule has 0 radical (unpaired) electrons. The second-order valence-corrected chi connectivity index (χ2v) is 4.50. The van der Waals surface area contributed by atoms with Gasteiger partial charge in [-0.05, 0) is 0 Å². The van der Waals surface area contributed by atoms with Crippen molar-refractivity contribution in [2.75, 3.05) is 0 Å². The fourth-order valence-corrected chi connectivity index (χ4v) is 2.17. The smallest absolute Gasteiger partial charge is 0.0926 e. The number of hydrogen-bond donors (Lipinski definition) is 1. The molecule has 0 spiro atoms. The van der Waals surface area contributed by atoms with Crippen LogP contribution in [0.2, 0.25) is 0 Å². The van der Waals surface area contributed by atoms with Crippen molar-refractivity contribution in [2.24, 2.45) is 0 Å². The summed E-state index contributed by atoms with van der Waals surface area (Å²) in [6.45, 7) is 0. The highest BCUT2D eigenvalue weighted by molar-refractivity contribution is 8.20. The Bertz CT molecular complexity index is 171. The van der Waals surface area contributed by atoms with Gasteiger partial charge in [-0.15, -0.1) is 11.8 Å². The third kappa shape index (κ3) is 0.562. The Morgan fingerprint density at radius 3 is 2.88 bits per heavy atom. The predicted octanol–water partition coefficient (Wildman–Crippen LogP) is 1.85. The Morgan fingerprint density at radius 2 is 2.38 bits per heavy atom. The van der Waals surface area contributed by atoms with E-state index in [2.05, 4.69) is 36.9 Å². The summed E-state index contributed by atoms with van der Waals surface area (Å²) in [5.41, 5.74) is 0. The van der Waals surface area contributed by atoms with E-state index in [1.165, 1.54) is 0 Å². The zero-order valence-corrected chi connectivity index (χ0v) is 5.95. The van der Waals surface area contributed by atoms with E-state index < -0.39 is 0 Å². The summed E-state index contributed by atoms with van der Waals surface area (Å²) >= 11 is 6.31. The summed E-state index contributed by atoms with van der Waals surface area (Å²) in [5, 5.41) is 0.663. The number of rotatable bonds is 0. The number of allylic oxidation sites excluding steroid dienone is 2. The van der Waals surface area contributed by atoms with Gasteiger partial charge in [-0.1, -0.05) is 24.3 Å². The topological polar surface area (TPSA) is 0 Å². The summed E-state index contributed by atoms with van der Waals surface area (Å²) in [5.74, 6) is 0. The molecule has 1 aliphatic heterocycles. The first-order chi connectivity index (χ1) is 3.81. The average molecular weight is 142 g/mol. The van der Waals surface area contributed by atoms with Crippen molar-refractivity contribution < 1.29 is 0 Å². The van der Waals surface area contributed by atoms with Gasteiger partial charge < -0.3 is 0 Å². The molecule has 0 aromatic carbocycles. The molecule has 2 aliphatic rings. The van der Waals surface area contributed by atoms with Gasteiger partial charge >= 0.3 is 0 Å². The minimum atomic E-state index is 0.189. The van der Waals surface area contributed by atoms with Gasteiger partial charge in [0.05, 0.1) is 9.33 Å². The lowest BCUT2D eigenvalue weighted by Crippen LogP contribution is -2.00. The van der Waals surface area contributed by atoms with Gasteiger partial charge in [-0.2, -0.15) is 12.6 Å². The molecule has 2 rings (SSSR count). The van der Waals surface area contributed by atoms with E-state index in [1.807, 2.05) is 11.8 Å². The number of thiol groups is 1. The first-order valence-corrected chi connectivity index (χ1v) is 3.90. The maximum absolute atomic E-state index is 4.42. The van der Waals surface area contributed by atoms with Crippen molar-refractivity contribution in [3.8, 4) is 0 Å². The van der Waals surface area contributed by atoms with Crippen molar-refractivity contribution in [2.45, 2.75) is 9.33 Å². The summed E-state index contributed by atoms with van der Waals surface area (Å²) in [6.07, 6.45) is 8.48. The van der Waals surface area contributed by atoms with Crippen LogP contribution in [0.4, 0.5) is 0 Å². The molecule has 2 heteroatoms. The van der Waals surface area contributed by atoms with Crippen LogP contribution in [-0.4, -0.2) is 9.33 Å². The molecule has 8 heavy (non-hydrogen) atoms. The zero-order valence-electron chi connectivity index (χ0n) is 4.24. The second-order valence-electron chi connectivity index (χ2n) is 2.03. The Kier molecular flexibility index (Phi) is 0.853. The second kappa shape index (κ2) is 1.36. The van der Waals surface area contributed by atoms with E-state index >= 15 is 0 Å². The lowest BCUT2D eigenvalue weighted by Gasteiger charge is -1.98. The van der Waals surface area contributed by atoms with Gasteiger partial charge in [0.25, 0.3) is 0 Å². The molecule has 42 valence electrons. The standard InChI is InChI=1S/C6H6S2/c7-6-4-2-1-3-5(6)8-6/h1-5,7H. The minimum absolute atomic E-state index is 0.189. The third-order valence-electron chi connectivity index (χ3n) is 1.40. The largest absolute Gasteiger partial charge is 0.156 e. The Morgan fingerprint density at radius 1 is 1.50 bits per heavy atom. The average Bonchev–Trinajstić information content (AvgIpc) is 2.39. The van der Waals surface area contributed by atoms with Crippen molar-refractivity contribution in [3.05, 3.63) is 24.3 Å². The fraction of sp³-hybridized carbons (Fsp3) is 0.333. The van der Waals surface area contributed by atoms with Gasteiger partial charge in [0.1, 0.15) is 0 Å². The van der Waals surface area contributed by atoms with Gasteiger partial charge in [0.15, 0.2) is 0 Å². The quantitative estimate of drug-likeness (QED) is 0.398. The summed E-state index contributed by atoms with van der Waals surface area (Å²) in [7, 11) is 0. The van der Waals surface area contributed by atoms with Crippen LogP contribution in [-0.2, 0) is 0 Å². The predicted molar refractivity (Wildman–Crippen MR) is 41.4 cm³/mol. The summed E-state index contributed by atoms with van der Waals surface area (Å²) in [6, 6.07) is 0. The molecule has 1 heterocycles. The van der Waals surface area contributed by atoms with Gasteiger partial charge in [0, 0.05) is 0 Å². The van der Waals surface area contributed by atoms with Crippen molar-refractivity contribution in [1.29, 1.82) is 0 Å². The van der Waals surface area contributed by atoms with Crippen molar-refractivity contribution in [3.63, 3.8) is 0 Å². The molecule has 0 N–H and O–H groups in total. The van der Waals surface area contributed by atoms with Crippen LogP contribution in [0.15, 0.2) is 24.3 Å². The molecule has 2 atom stereocenters. The fourth-order valence-electron chi connectivity index (χ4n) is 0.839. The highest BCUT2D eigenvalue weighted by Gasteiger charge is 2.49. The van der Waals surface area contributed by atoms with Crippen LogP contribution in [0, 0.1) is 0 Å². The van der Waals surface area contributed by atoms with E-state index in [1.54, 1.807) is 0 Å². The molecule has 0 amide bonds. The van der Waals surface area contributed by atoms with Crippen LogP contribution in [0.3, 0.4) is 0 Å². The highest BCUT2D eigenvalue weighted by atomic mass is 32.2. The summed E-state index contributed by atoms with van der Waals surface area (Å²) in [4.78, 5) is 0. The Hall–Kier alpha value is 0.180. The number of hydrogen-bond acceptors (Lipinski definition) is 2. The molecule has 2 unspecified atom stereocenters. The maximum Gasteiger partial charge on any atom is 0.0926 e. The van der Waals surface area contributed by atoms with Crippen molar-refractivity contribution >= 4 is 24.4 Å². The molecule has 0 bridgehead atoms. The lowest BCUT2D eigenvalue weighted by atomic mass is 10.2. The van der Waals surface area contributed by atoms with Gasteiger partial charge in [-0.25, -0.2) is 0 Å². The molecule has 0 saturated carbocycles. The minimum Gasteiger partial charge on any atom is -0.156 e. The molecule has 1 fully saturated rings. The number of fused-ring (bicyclic) bond motifs is 1. The van der Waals surface area contributed by atoms with Crippen LogP contribution in [0.5, 0.6) is 0 Å². The highest BCUT2D eigenvalue weighted by Crippen LogP contribution is 2.59. The summed E-state index contributed by atoms with van der Waals surface area (Å²) < 4.78 is 0.189. The van der Waals surface area contributed by atoms with E-state index in [9.17, 15) is 0 Å². The third-order valence-corrected chi connectivity index (χ3v) is 3.61. The zero-order chi connectivity index (χ0) is 5.61. The molecular formula is C6H6S2. The molecule has 1 saturated heterocycles.